The molecule has 0 radical (unpaired) electrons. The zero-order chi connectivity index (χ0) is 18.7. The zero-order valence-electron chi connectivity index (χ0n) is 15.8. The number of amides is 3. The van der Waals surface area contributed by atoms with E-state index in [2.05, 4.69) is 15.6 Å². The summed E-state index contributed by atoms with van der Waals surface area (Å²) in [7, 11) is 3.66. The third-order valence-corrected chi connectivity index (χ3v) is 3.90. The molecule has 2 N–H and O–H groups in total. The first-order valence-electron chi connectivity index (χ1n) is 8.47. The second-order valence-corrected chi connectivity index (χ2v) is 6.89. The monoisotopic (exact) mass is 345 g/mol. The molecule has 136 valence electrons. The summed E-state index contributed by atoms with van der Waals surface area (Å²) >= 11 is 0. The van der Waals surface area contributed by atoms with E-state index in [4.69, 9.17) is 0 Å². The smallest absolute Gasteiger partial charge is 0.317 e. The van der Waals surface area contributed by atoms with Crippen molar-refractivity contribution in [1.29, 1.82) is 0 Å². The molecular formula is C18H27N5O2. The summed E-state index contributed by atoms with van der Waals surface area (Å²) in [6.45, 7) is 7.95. The predicted octanol–water partition coefficient (Wildman–Crippen LogP) is 2.72. The quantitative estimate of drug-likeness (QED) is 0.874. The molecular weight excluding hydrogens is 318 g/mol. The van der Waals surface area contributed by atoms with E-state index in [0.717, 1.165) is 22.5 Å². The van der Waals surface area contributed by atoms with Crippen molar-refractivity contribution in [3.05, 3.63) is 24.0 Å². The van der Waals surface area contributed by atoms with Gasteiger partial charge in [0.25, 0.3) is 0 Å². The highest BCUT2D eigenvalue weighted by molar-refractivity contribution is 5.94. The summed E-state index contributed by atoms with van der Waals surface area (Å²) in [4.78, 5) is 30.1. The predicted molar refractivity (Wildman–Crippen MR) is 99.3 cm³/mol. The zero-order valence-corrected chi connectivity index (χ0v) is 15.8. The molecule has 1 aromatic carbocycles. The molecule has 0 fully saturated rings. The molecule has 25 heavy (non-hydrogen) atoms. The van der Waals surface area contributed by atoms with Crippen LogP contribution in [0.1, 0.15) is 33.5 Å². The van der Waals surface area contributed by atoms with Gasteiger partial charge in [0.15, 0.2) is 0 Å². The second kappa shape index (κ2) is 7.55. The summed E-state index contributed by atoms with van der Waals surface area (Å²) in [6, 6.07) is 5.60. The number of hydrogen-bond donors (Lipinski definition) is 2. The van der Waals surface area contributed by atoms with Crippen molar-refractivity contribution in [1.82, 2.24) is 19.8 Å². The van der Waals surface area contributed by atoms with Crippen molar-refractivity contribution in [3.63, 3.8) is 0 Å². The summed E-state index contributed by atoms with van der Waals surface area (Å²) in [5.41, 5.74) is 2.47. The minimum absolute atomic E-state index is 0.0272. The molecule has 0 aliphatic carbocycles. The molecule has 7 heteroatoms. The largest absolute Gasteiger partial charge is 0.336 e. The minimum atomic E-state index is -0.132. The minimum Gasteiger partial charge on any atom is -0.336 e. The van der Waals surface area contributed by atoms with Crippen molar-refractivity contribution in [2.75, 3.05) is 12.4 Å². The molecule has 0 unspecified atom stereocenters. The molecule has 0 aliphatic heterocycles. The van der Waals surface area contributed by atoms with Gasteiger partial charge >= 0.3 is 6.03 Å². The van der Waals surface area contributed by atoms with E-state index < -0.39 is 0 Å². The average molecular weight is 345 g/mol. The molecule has 0 atom stereocenters. The van der Waals surface area contributed by atoms with Crippen LogP contribution in [0.15, 0.2) is 18.2 Å². The standard InChI is InChI=1S/C18H27N5O2/c1-11(2)17(24)20-13-7-8-15-14(9-13)21-16(23(15)6)10-22(5)18(25)19-12(3)4/h7-9,11-12H,10H2,1-6H3,(H,19,25)(H,20,24). The first-order chi connectivity index (χ1) is 11.7. The first-order valence-corrected chi connectivity index (χ1v) is 8.47. The maximum absolute atomic E-state index is 12.1. The summed E-state index contributed by atoms with van der Waals surface area (Å²) in [6.07, 6.45) is 0. The number of benzene rings is 1. The van der Waals surface area contributed by atoms with Gasteiger partial charge in [-0.05, 0) is 32.0 Å². The number of carbonyl (C=O) groups is 2. The number of aryl methyl sites for hydroxylation is 1. The number of fused-ring (bicyclic) bond motifs is 1. The van der Waals surface area contributed by atoms with Gasteiger partial charge in [0.1, 0.15) is 5.82 Å². The highest BCUT2D eigenvalue weighted by atomic mass is 16.2. The Balaban J connectivity index is 2.20. The van der Waals surface area contributed by atoms with E-state index >= 15 is 0 Å². The van der Waals surface area contributed by atoms with Crippen LogP contribution in [0.25, 0.3) is 11.0 Å². The molecule has 0 aliphatic rings. The Hall–Kier alpha value is -2.57. The summed E-state index contributed by atoms with van der Waals surface area (Å²) < 4.78 is 1.96. The van der Waals surface area contributed by atoms with Gasteiger partial charge in [-0.1, -0.05) is 13.8 Å². The lowest BCUT2D eigenvalue weighted by Crippen LogP contribution is -2.40. The van der Waals surface area contributed by atoms with E-state index in [9.17, 15) is 9.59 Å². The van der Waals surface area contributed by atoms with E-state index in [0.29, 0.717) is 6.54 Å². The highest BCUT2D eigenvalue weighted by Gasteiger charge is 2.15. The van der Waals surface area contributed by atoms with Crippen LogP contribution >= 0.6 is 0 Å². The van der Waals surface area contributed by atoms with E-state index in [1.165, 1.54) is 0 Å². The van der Waals surface area contributed by atoms with Gasteiger partial charge in [-0.15, -0.1) is 0 Å². The number of carbonyl (C=O) groups excluding carboxylic acids is 2. The Labute approximate surface area is 148 Å². The van der Waals surface area contributed by atoms with Crippen molar-refractivity contribution in [2.24, 2.45) is 13.0 Å². The average Bonchev–Trinajstić information content (AvgIpc) is 2.82. The number of anilines is 1. The topological polar surface area (TPSA) is 79.3 Å². The van der Waals surface area contributed by atoms with Gasteiger partial charge in [0.05, 0.1) is 17.6 Å². The normalized spacial score (nSPS) is 11.2. The fourth-order valence-electron chi connectivity index (χ4n) is 2.40. The third kappa shape index (κ3) is 4.49. The van der Waals surface area contributed by atoms with Crippen molar-refractivity contribution >= 4 is 28.7 Å². The first kappa shape index (κ1) is 18.8. The fraction of sp³-hybridized carbons (Fsp3) is 0.500. The molecule has 0 bridgehead atoms. The number of rotatable bonds is 5. The lowest BCUT2D eigenvalue weighted by Gasteiger charge is -2.19. The van der Waals surface area contributed by atoms with Crippen LogP contribution in [0.4, 0.5) is 10.5 Å². The molecule has 7 nitrogen and oxygen atoms in total. The number of nitrogens with zero attached hydrogens (tertiary/aromatic N) is 3. The van der Waals surface area contributed by atoms with Gasteiger partial charge in [0.2, 0.25) is 5.91 Å². The van der Waals surface area contributed by atoms with Crippen LogP contribution in [-0.2, 0) is 18.4 Å². The lowest BCUT2D eigenvalue weighted by atomic mass is 10.2. The molecule has 0 saturated heterocycles. The van der Waals surface area contributed by atoms with Crippen LogP contribution in [0.2, 0.25) is 0 Å². The van der Waals surface area contributed by atoms with Gasteiger partial charge in [-0.3, -0.25) is 4.79 Å². The molecule has 2 rings (SSSR count). The van der Waals surface area contributed by atoms with E-state index in [1.807, 2.05) is 57.5 Å². The van der Waals surface area contributed by atoms with Gasteiger partial charge in [-0.2, -0.15) is 0 Å². The number of hydrogen-bond acceptors (Lipinski definition) is 3. The highest BCUT2D eigenvalue weighted by Crippen LogP contribution is 2.21. The molecule has 1 aromatic heterocycles. The van der Waals surface area contributed by atoms with Gasteiger partial charge in [-0.25, -0.2) is 9.78 Å². The SMILES string of the molecule is CC(C)NC(=O)N(C)Cc1nc2cc(NC(=O)C(C)C)ccc2n1C. The van der Waals surface area contributed by atoms with E-state index in [-0.39, 0.29) is 23.9 Å². The Bertz CT molecular complexity index is 779. The maximum Gasteiger partial charge on any atom is 0.317 e. The number of imidazole rings is 1. The third-order valence-electron chi connectivity index (χ3n) is 3.90. The Kier molecular flexibility index (Phi) is 5.66. The summed E-state index contributed by atoms with van der Waals surface area (Å²) in [5.74, 6) is 0.674. The van der Waals surface area contributed by atoms with Crippen LogP contribution in [0, 0.1) is 5.92 Å². The molecule has 3 amide bonds. The Morgan fingerprint density at radius 2 is 1.92 bits per heavy atom. The summed E-state index contributed by atoms with van der Waals surface area (Å²) in [5, 5.41) is 5.74. The van der Waals surface area contributed by atoms with Crippen LogP contribution in [-0.4, -0.2) is 39.5 Å². The Morgan fingerprint density at radius 3 is 2.52 bits per heavy atom. The van der Waals surface area contributed by atoms with Crippen molar-refractivity contribution in [3.8, 4) is 0 Å². The van der Waals surface area contributed by atoms with Gasteiger partial charge in [0, 0.05) is 31.7 Å². The van der Waals surface area contributed by atoms with E-state index in [1.54, 1.807) is 11.9 Å². The van der Waals surface area contributed by atoms with Crippen LogP contribution in [0.5, 0.6) is 0 Å². The molecule has 0 spiro atoms. The molecule has 1 heterocycles. The van der Waals surface area contributed by atoms with Crippen molar-refractivity contribution < 1.29 is 9.59 Å². The van der Waals surface area contributed by atoms with Crippen LogP contribution in [0.3, 0.4) is 0 Å². The Morgan fingerprint density at radius 1 is 1.24 bits per heavy atom. The maximum atomic E-state index is 12.1. The molecule has 2 aromatic rings. The fourth-order valence-corrected chi connectivity index (χ4v) is 2.40. The number of urea groups is 1. The van der Waals surface area contributed by atoms with Crippen molar-refractivity contribution in [2.45, 2.75) is 40.3 Å². The number of nitrogens with one attached hydrogen (secondary N) is 2. The lowest BCUT2D eigenvalue weighted by molar-refractivity contribution is -0.118. The van der Waals surface area contributed by atoms with Gasteiger partial charge < -0.3 is 20.1 Å². The number of aromatic nitrogens is 2. The second-order valence-electron chi connectivity index (χ2n) is 6.89. The van der Waals surface area contributed by atoms with Crippen LogP contribution < -0.4 is 10.6 Å². The molecule has 0 saturated carbocycles.